The fourth-order valence-electron chi connectivity index (χ4n) is 2.76. The van der Waals surface area contributed by atoms with Crippen molar-refractivity contribution in [2.75, 3.05) is 7.11 Å². The van der Waals surface area contributed by atoms with Gasteiger partial charge in [-0.15, -0.1) is 0 Å². The van der Waals surface area contributed by atoms with Gasteiger partial charge in [-0.05, 0) is 19.8 Å². The van der Waals surface area contributed by atoms with Crippen LogP contribution in [0.5, 0.6) is 0 Å². The van der Waals surface area contributed by atoms with Gasteiger partial charge < -0.3 is 9.84 Å². The molecule has 3 heteroatoms. The SMILES string of the molecule is COC(=O)CCCCCCCCCCCCCCC[C@@H](C)O. The molecule has 0 aliphatic heterocycles. The van der Waals surface area contributed by atoms with Crippen molar-refractivity contribution < 1.29 is 14.6 Å². The minimum Gasteiger partial charge on any atom is -0.469 e. The number of methoxy groups -OCH3 is 1. The molecule has 3 nitrogen and oxygen atoms in total. The highest BCUT2D eigenvalue weighted by molar-refractivity contribution is 5.68. The van der Waals surface area contributed by atoms with Gasteiger partial charge in [0, 0.05) is 6.42 Å². The Hall–Kier alpha value is -0.570. The predicted molar refractivity (Wildman–Crippen MR) is 93.0 cm³/mol. The van der Waals surface area contributed by atoms with Gasteiger partial charge in [-0.2, -0.15) is 0 Å². The lowest BCUT2D eigenvalue weighted by Gasteiger charge is -2.04. The van der Waals surface area contributed by atoms with Crippen molar-refractivity contribution in [2.45, 2.75) is 109 Å². The Morgan fingerprint density at radius 3 is 1.50 bits per heavy atom. The van der Waals surface area contributed by atoms with Gasteiger partial charge in [-0.25, -0.2) is 0 Å². The summed E-state index contributed by atoms with van der Waals surface area (Å²) in [5.74, 6) is -0.0779. The zero-order valence-electron chi connectivity index (χ0n) is 14.9. The number of carbonyl (C=O) groups is 1. The van der Waals surface area contributed by atoms with Crippen LogP contribution in [0, 0.1) is 0 Å². The standard InChI is InChI=1S/C19H38O3/c1-18(20)16-14-12-10-8-6-4-3-5-7-9-11-13-15-17-19(21)22-2/h18,20H,3-17H2,1-2H3/t18-/m1/s1. The number of unbranched alkanes of at least 4 members (excludes halogenated alkanes) is 12. The molecule has 0 aromatic carbocycles. The molecule has 0 aliphatic carbocycles. The van der Waals surface area contributed by atoms with E-state index < -0.39 is 0 Å². The average molecular weight is 315 g/mol. The summed E-state index contributed by atoms with van der Waals surface area (Å²) in [4.78, 5) is 10.9. The molecule has 0 aromatic rings. The third-order valence-electron chi connectivity index (χ3n) is 4.23. The van der Waals surface area contributed by atoms with Gasteiger partial charge >= 0.3 is 5.97 Å². The summed E-state index contributed by atoms with van der Waals surface area (Å²) in [5.41, 5.74) is 0. The molecule has 132 valence electrons. The molecule has 0 amide bonds. The Morgan fingerprint density at radius 1 is 0.773 bits per heavy atom. The van der Waals surface area contributed by atoms with E-state index in [2.05, 4.69) is 4.74 Å². The summed E-state index contributed by atoms with van der Waals surface area (Å²) in [6.45, 7) is 1.87. The number of carbonyl (C=O) groups excluding carboxylic acids is 1. The van der Waals surface area contributed by atoms with Crippen molar-refractivity contribution >= 4 is 5.97 Å². The zero-order valence-corrected chi connectivity index (χ0v) is 14.9. The lowest BCUT2D eigenvalue weighted by atomic mass is 10.0. The normalized spacial score (nSPS) is 12.3. The molecule has 0 saturated heterocycles. The Bertz CT molecular complexity index is 239. The summed E-state index contributed by atoms with van der Waals surface area (Å²) in [6.07, 6.45) is 18.0. The van der Waals surface area contributed by atoms with Crippen LogP contribution in [0.1, 0.15) is 103 Å². The second-order valence-corrected chi connectivity index (χ2v) is 6.56. The molecule has 22 heavy (non-hydrogen) atoms. The zero-order chi connectivity index (χ0) is 16.5. The molecule has 0 rings (SSSR count). The first-order chi connectivity index (χ1) is 10.7. The van der Waals surface area contributed by atoms with E-state index in [0.717, 1.165) is 19.3 Å². The molecule has 1 atom stereocenters. The van der Waals surface area contributed by atoms with Gasteiger partial charge in [0.1, 0.15) is 0 Å². The quantitative estimate of drug-likeness (QED) is 0.307. The second-order valence-electron chi connectivity index (χ2n) is 6.56. The first-order valence-electron chi connectivity index (χ1n) is 9.41. The Morgan fingerprint density at radius 2 is 1.14 bits per heavy atom. The molecule has 0 heterocycles. The first kappa shape index (κ1) is 21.4. The van der Waals surface area contributed by atoms with E-state index in [4.69, 9.17) is 5.11 Å². The molecular weight excluding hydrogens is 276 g/mol. The molecular formula is C19H38O3. The fraction of sp³-hybridized carbons (Fsp3) is 0.947. The lowest BCUT2D eigenvalue weighted by Crippen LogP contribution is -1.99. The van der Waals surface area contributed by atoms with Gasteiger partial charge in [0.05, 0.1) is 13.2 Å². The van der Waals surface area contributed by atoms with Crippen molar-refractivity contribution in [3.8, 4) is 0 Å². The highest BCUT2D eigenvalue weighted by atomic mass is 16.5. The monoisotopic (exact) mass is 314 g/mol. The minimum atomic E-state index is -0.125. The van der Waals surface area contributed by atoms with Gasteiger partial charge in [-0.3, -0.25) is 4.79 Å². The maximum Gasteiger partial charge on any atom is 0.305 e. The van der Waals surface area contributed by atoms with Crippen molar-refractivity contribution in [1.29, 1.82) is 0 Å². The molecule has 0 aromatic heterocycles. The second kappa shape index (κ2) is 16.8. The minimum absolute atomic E-state index is 0.0779. The number of rotatable bonds is 16. The first-order valence-corrected chi connectivity index (χ1v) is 9.41. The van der Waals surface area contributed by atoms with Gasteiger partial charge in [0.25, 0.3) is 0 Å². The van der Waals surface area contributed by atoms with Crippen molar-refractivity contribution in [1.82, 2.24) is 0 Å². The lowest BCUT2D eigenvalue weighted by molar-refractivity contribution is -0.140. The van der Waals surface area contributed by atoms with Crippen LogP contribution in [0.3, 0.4) is 0 Å². The van der Waals surface area contributed by atoms with Crippen LogP contribution in [0.25, 0.3) is 0 Å². The highest BCUT2D eigenvalue weighted by Gasteiger charge is 1.99. The molecule has 0 bridgehead atoms. The van der Waals surface area contributed by atoms with Crippen molar-refractivity contribution in [3.63, 3.8) is 0 Å². The number of ether oxygens (including phenoxy) is 1. The Kier molecular flexibility index (Phi) is 16.4. The topological polar surface area (TPSA) is 46.5 Å². The summed E-state index contributed by atoms with van der Waals surface area (Å²) in [5, 5.41) is 9.16. The molecule has 0 radical (unpaired) electrons. The van der Waals surface area contributed by atoms with Gasteiger partial charge in [0.2, 0.25) is 0 Å². The van der Waals surface area contributed by atoms with E-state index in [1.807, 2.05) is 6.92 Å². The Balaban J connectivity index is 3.01. The van der Waals surface area contributed by atoms with Crippen LogP contribution in [0.4, 0.5) is 0 Å². The molecule has 0 fully saturated rings. The van der Waals surface area contributed by atoms with Crippen LogP contribution < -0.4 is 0 Å². The summed E-state index contributed by atoms with van der Waals surface area (Å²) < 4.78 is 4.62. The van der Waals surface area contributed by atoms with E-state index in [-0.39, 0.29) is 12.1 Å². The number of hydrogen-bond donors (Lipinski definition) is 1. The maximum absolute atomic E-state index is 10.9. The van der Waals surface area contributed by atoms with Gasteiger partial charge in [0.15, 0.2) is 0 Å². The molecule has 0 spiro atoms. The van der Waals surface area contributed by atoms with Crippen molar-refractivity contribution in [3.05, 3.63) is 0 Å². The number of aliphatic hydroxyl groups excluding tert-OH is 1. The molecule has 1 N–H and O–H groups in total. The van der Waals surface area contributed by atoms with E-state index in [0.29, 0.717) is 6.42 Å². The van der Waals surface area contributed by atoms with Gasteiger partial charge in [-0.1, -0.05) is 77.0 Å². The van der Waals surface area contributed by atoms with Crippen LogP contribution in [0.15, 0.2) is 0 Å². The average Bonchev–Trinajstić information content (AvgIpc) is 2.50. The smallest absolute Gasteiger partial charge is 0.305 e. The Labute approximate surface area is 137 Å². The third-order valence-corrected chi connectivity index (χ3v) is 4.23. The van der Waals surface area contributed by atoms with Crippen LogP contribution >= 0.6 is 0 Å². The van der Waals surface area contributed by atoms with Crippen molar-refractivity contribution in [2.24, 2.45) is 0 Å². The van der Waals surface area contributed by atoms with E-state index in [9.17, 15) is 4.79 Å². The molecule has 0 aliphatic rings. The maximum atomic E-state index is 10.9. The van der Waals surface area contributed by atoms with Crippen LogP contribution in [0.2, 0.25) is 0 Å². The number of esters is 1. The molecule has 0 unspecified atom stereocenters. The van der Waals surface area contributed by atoms with E-state index in [1.54, 1.807) is 0 Å². The highest BCUT2D eigenvalue weighted by Crippen LogP contribution is 2.13. The predicted octanol–water partition coefficient (Wildman–Crippen LogP) is 5.39. The largest absolute Gasteiger partial charge is 0.469 e. The van der Waals surface area contributed by atoms with Crippen LogP contribution in [-0.2, 0) is 9.53 Å². The number of aliphatic hydroxyl groups is 1. The number of hydrogen-bond acceptors (Lipinski definition) is 3. The summed E-state index contributed by atoms with van der Waals surface area (Å²) in [7, 11) is 1.46. The van der Waals surface area contributed by atoms with E-state index >= 15 is 0 Å². The third kappa shape index (κ3) is 17.5. The molecule has 0 saturated carbocycles. The summed E-state index contributed by atoms with van der Waals surface area (Å²) >= 11 is 0. The van der Waals surface area contributed by atoms with E-state index in [1.165, 1.54) is 77.7 Å². The fourth-order valence-corrected chi connectivity index (χ4v) is 2.76. The van der Waals surface area contributed by atoms with Crippen LogP contribution in [-0.4, -0.2) is 24.3 Å². The summed E-state index contributed by atoms with van der Waals surface area (Å²) in [6, 6.07) is 0.